The number of aromatic nitrogens is 2. The van der Waals surface area contributed by atoms with Gasteiger partial charge in [0.15, 0.2) is 0 Å². The number of nitrogens with zero attached hydrogens (tertiary/aromatic N) is 2. The van der Waals surface area contributed by atoms with Crippen molar-refractivity contribution in [1.29, 1.82) is 0 Å². The van der Waals surface area contributed by atoms with Crippen molar-refractivity contribution in [1.82, 2.24) is 9.78 Å². The van der Waals surface area contributed by atoms with Crippen LogP contribution in [0.15, 0.2) is 41.3 Å². The topological polar surface area (TPSA) is 119 Å². The zero-order valence-corrected chi connectivity index (χ0v) is 19.5. The molecule has 0 atom stereocenters. The van der Waals surface area contributed by atoms with Crippen LogP contribution in [0.3, 0.4) is 0 Å². The number of hydrogen-bond donors (Lipinski definition) is 2. The highest BCUT2D eigenvalue weighted by Crippen LogP contribution is 2.37. The molecular formula is C23H24N4O5S. The highest BCUT2D eigenvalue weighted by Gasteiger charge is 2.28. The van der Waals surface area contributed by atoms with Crippen LogP contribution < -0.4 is 14.8 Å². The second-order valence-corrected chi connectivity index (χ2v) is 9.60. The van der Waals surface area contributed by atoms with Crippen LogP contribution in [0.25, 0.3) is 11.1 Å². The Kier molecular flexibility index (Phi) is 5.71. The zero-order chi connectivity index (χ0) is 23.9. The molecule has 9 nitrogen and oxygen atoms in total. The summed E-state index contributed by atoms with van der Waals surface area (Å²) in [7, 11) is -2.64. The molecule has 2 aromatic carbocycles. The number of nitrogens with one attached hydrogen (secondary N) is 2. The van der Waals surface area contributed by atoms with Crippen LogP contribution in [-0.2, 0) is 14.8 Å². The van der Waals surface area contributed by atoms with Crippen molar-refractivity contribution < 1.29 is 22.7 Å². The maximum absolute atomic E-state index is 13.4. The summed E-state index contributed by atoms with van der Waals surface area (Å²) in [4.78, 5) is 24.5. The van der Waals surface area contributed by atoms with Crippen molar-refractivity contribution in [3.05, 3.63) is 53.2 Å². The van der Waals surface area contributed by atoms with E-state index in [4.69, 9.17) is 4.74 Å². The third-order valence-electron chi connectivity index (χ3n) is 5.50. The normalized spacial score (nSPS) is 13.8. The summed E-state index contributed by atoms with van der Waals surface area (Å²) in [6, 6.07) is 10.2. The van der Waals surface area contributed by atoms with E-state index in [9.17, 15) is 18.0 Å². The van der Waals surface area contributed by atoms with Crippen LogP contribution in [0.4, 0.5) is 11.5 Å². The number of hydrogen-bond acceptors (Lipinski definition) is 6. The van der Waals surface area contributed by atoms with E-state index in [1.165, 1.54) is 23.9 Å². The highest BCUT2D eigenvalue weighted by molar-refractivity contribution is 7.92. The standard InChI is InChI=1S/C23H24N4O5S/c1-13-5-6-14(2)17(11-13)26-33(30,31)19-12-16(7-8-18(19)32-4)22-15(3)25-27-21(29)10-9-20(28)24-23(22)27/h5-8,11-12,26H,9-10H2,1-4H3,(H,24,28). The lowest BCUT2D eigenvalue weighted by atomic mass is 10.1. The predicted octanol–water partition coefficient (Wildman–Crippen LogP) is 3.66. The summed E-state index contributed by atoms with van der Waals surface area (Å²) in [6.07, 6.45) is 0.101. The van der Waals surface area contributed by atoms with Gasteiger partial charge in [-0.25, -0.2) is 8.42 Å². The summed E-state index contributed by atoms with van der Waals surface area (Å²) in [5, 5.41) is 7.01. The molecule has 33 heavy (non-hydrogen) atoms. The second-order valence-electron chi connectivity index (χ2n) is 7.95. The largest absolute Gasteiger partial charge is 0.495 e. The summed E-state index contributed by atoms with van der Waals surface area (Å²) in [5.41, 5.74) is 3.60. The number of amides is 1. The maximum atomic E-state index is 13.4. The Morgan fingerprint density at radius 1 is 1.06 bits per heavy atom. The van der Waals surface area contributed by atoms with Gasteiger partial charge in [0.1, 0.15) is 16.5 Å². The molecule has 1 aromatic heterocycles. The molecule has 0 bridgehead atoms. The van der Waals surface area contributed by atoms with Gasteiger partial charge in [0.25, 0.3) is 10.0 Å². The van der Waals surface area contributed by atoms with E-state index in [0.29, 0.717) is 22.5 Å². The molecule has 1 aliphatic heterocycles. The van der Waals surface area contributed by atoms with Crippen LogP contribution >= 0.6 is 0 Å². The van der Waals surface area contributed by atoms with Gasteiger partial charge in [-0.2, -0.15) is 9.78 Å². The first kappa shape index (κ1) is 22.5. The van der Waals surface area contributed by atoms with Crippen molar-refractivity contribution in [2.24, 2.45) is 0 Å². The minimum absolute atomic E-state index is 0.0431. The number of anilines is 2. The predicted molar refractivity (Wildman–Crippen MR) is 124 cm³/mol. The molecule has 0 unspecified atom stereocenters. The third kappa shape index (κ3) is 4.21. The van der Waals surface area contributed by atoms with Gasteiger partial charge >= 0.3 is 0 Å². The molecule has 4 rings (SSSR count). The average molecular weight is 469 g/mol. The van der Waals surface area contributed by atoms with E-state index in [-0.39, 0.29) is 41.1 Å². The summed E-state index contributed by atoms with van der Waals surface area (Å²) in [5.74, 6) is -0.222. The number of sulfonamides is 1. The molecule has 3 aromatic rings. The number of carbonyl (C=O) groups is 2. The first-order valence-corrected chi connectivity index (χ1v) is 11.8. The van der Waals surface area contributed by atoms with Crippen molar-refractivity contribution in [3.8, 4) is 16.9 Å². The van der Waals surface area contributed by atoms with Gasteiger partial charge in [0.05, 0.1) is 18.5 Å². The Bertz CT molecular complexity index is 1390. The molecule has 0 fully saturated rings. The average Bonchev–Trinajstić information content (AvgIpc) is 3.02. The van der Waals surface area contributed by atoms with Crippen molar-refractivity contribution in [2.45, 2.75) is 38.5 Å². The first-order chi connectivity index (χ1) is 15.6. The molecule has 0 saturated heterocycles. The lowest BCUT2D eigenvalue weighted by Crippen LogP contribution is -2.15. The summed E-state index contributed by atoms with van der Waals surface area (Å²) < 4.78 is 35.9. The SMILES string of the molecule is COc1ccc(-c2c(C)nn3c2NC(=O)CCC3=O)cc1S(=O)(=O)Nc1cc(C)ccc1C. The molecule has 1 aliphatic rings. The molecule has 172 valence electrons. The molecule has 2 heterocycles. The monoisotopic (exact) mass is 468 g/mol. The van der Waals surface area contributed by atoms with Gasteiger partial charge in [-0.3, -0.25) is 14.3 Å². The molecule has 10 heteroatoms. The lowest BCUT2D eigenvalue weighted by Gasteiger charge is -2.15. The Hall–Kier alpha value is -3.66. The molecule has 0 radical (unpaired) electrons. The van der Waals surface area contributed by atoms with E-state index < -0.39 is 10.0 Å². The van der Waals surface area contributed by atoms with Crippen molar-refractivity contribution >= 4 is 33.3 Å². The first-order valence-electron chi connectivity index (χ1n) is 10.3. The Labute approximate surface area is 191 Å². The smallest absolute Gasteiger partial charge is 0.265 e. The summed E-state index contributed by atoms with van der Waals surface area (Å²) in [6.45, 7) is 5.39. The van der Waals surface area contributed by atoms with Gasteiger partial charge in [-0.05, 0) is 55.7 Å². The molecule has 0 aliphatic carbocycles. The number of aryl methyl sites for hydroxylation is 3. The second kappa shape index (κ2) is 8.36. The van der Waals surface area contributed by atoms with E-state index in [1.807, 2.05) is 26.0 Å². The molecule has 2 N–H and O–H groups in total. The number of rotatable bonds is 5. The van der Waals surface area contributed by atoms with Crippen LogP contribution in [0, 0.1) is 20.8 Å². The van der Waals surface area contributed by atoms with Crippen molar-refractivity contribution in [3.63, 3.8) is 0 Å². The van der Waals surface area contributed by atoms with Gasteiger partial charge in [0, 0.05) is 18.4 Å². The Balaban J connectivity index is 1.84. The van der Waals surface area contributed by atoms with E-state index >= 15 is 0 Å². The molecule has 0 spiro atoms. The maximum Gasteiger partial charge on any atom is 0.265 e. The van der Waals surface area contributed by atoms with E-state index in [1.54, 1.807) is 19.1 Å². The van der Waals surface area contributed by atoms with Gasteiger partial charge in [-0.1, -0.05) is 18.2 Å². The Morgan fingerprint density at radius 2 is 1.82 bits per heavy atom. The van der Waals surface area contributed by atoms with Gasteiger partial charge in [0.2, 0.25) is 11.8 Å². The fourth-order valence-electron chi connectivity index (χ4n) is 3.78. The fourth-order valence-corrected chi connectivity index (χ4v) is 5.10. The molecule has 0 saturated carbocycles. The van der Waals surface area contributed by atoms with E-state index in [0.717, 1.165) is 11.1 Å². The number of ether oxygens (including phenoxy) is 1. The molecular weight excluding hydrogens is 444 g/mol. The van der Waals surface area contributed by atoms with Crippen LogP contribution in [0.2, 0.25) is 0 Å². The quantitative estimate of drug-likeness (QED) is 0.590. The number of methoxy groups -OCH3 is 1. The van der Waals surface area contributed by atoms with E-state index in [2.05, 4.69) is 15.1 Å². The minimum Gasteiger partial charge on any atom is -0.495 e. The Morgan fingerprint density at radius 3 is 2.55 bits per heavy atom. The zero-order valence-electron chi connectivity index (χ0n) is 18.7. The van der Waals surface area contributed by atoms with Crippen LogP contribution in [0.5, 0.6) is 5.75 Å². The highest BCUT2D eigenvalue weighted by atomic mass is 32.2. The number of benzene rings is 2. The van der Waals surface area contributed by atoms with Crippen LogP contribution in [0.1, 0.15) is 34.5 Å². The summed E-state index contributed by atoms with van der Waals surface area (Å²) >= 11 is 0. The van der Waals surface area contributed by atoms with Crippen LogP contribution in [-0.4, -0.2) is 37.1 Å². The third-order valence-corrected chi connectivity index (χ3v) is 6.89. The van der Waals surface area contributed by atoms with Gasteiger partial charge < -0.3 is 10.1 Å². The minimum atomic E-state index is -4.03. The number of carbonyl (C=O) groups excluding carboxylic acids is 2. The van der Waals surface area contributed by atoms with Gasteiger partial charge in [-0.15, -0.1) is 0 Å². The lowest BCUT2D eigenvalue weighted by molar-refractivity contribution is -0.116. The number of fused-ring (bicyclic) bond motifs is 1. The fraction of sp³-hybridized carbons (Fsp3) is 0.261. The van der Waals surface area contributed by atoms with Crippen molar-refractivity contribution in [2.75, 3.05) is 17.1 Å². The molecule has 1 amide bonds.